The van der Waals surface area contributed by atoms with Gasteiger partial charge in [0, 0.05) is 47.3 Å². The van der Waals surface area contributed by atoms with E-state index in [9.17, 15) is 4.79 Å². The van der Waals surface area contributed by atoms with Gasteiger partial charge in [-0.25, -0.2) is 0 Å². The van der Waals surface area contributed by atoms with E-state index in [0.29, 0.717) is 18.5 Å². The van der Waals surface area contributed by atoms with Gasteiger partial charge in [-0.15, -0.1) is 0 Å². The third kappa shape index (κ3) is 4.70. The second kappa shape index (κ2) is 8.82. The maximum atomic E-state index is 12.9. The molecule has 3 heteroatoms. The molecule has 1 saturated heterocycles. The summed E-state index contributed by atoms with van der Waals surface area (Å²) in [7, 11) is 0. The van der Waals surface area contributed by atoms with Gasteiger partial charge in [0.25, 0.3) is 0 Å². The predicted octanol–water partition coefficient (Wildman–Crippen LogP) is 4.14. The summed E-state index contributed by atoms with van der Waals surface area (Å²) in [6.07, 6.45) is -1.98. The lowest BCUT2D eigenvalue weighted by Crippen LogP contribution is -2.47. The number of carbonyl (C=O) groups excluding carboxylic acids is 1. The molecule has 2 aromatic carbocycles. The SMILES string of the molecule is [2H]C([2H])([2H])CC(=O)N(c1ccccc1)C1CCN(C([2H])([2H])C([2H])([2H])c2ccccc2)CC1. The highest BCUT2D eigenvalue weighted by molar-refractivity contribution is 5.93. The van der Waals surface area contributed by atoms with Gasteiger partial charge in [-0.2, -0.15) is 0 Å². The number of carbonyl (C=O) groups is 1. The summed E-state index contributed by atoms with van der Waals surface area (Å²) in [6, 6.07) is 16.9. The lowest BCUT2D eigenvalue weighted by Gasteiger charge is -2.38. The van der Waals surface area contributed by atoms with Crippen molar-refractivity contribution in [2.24, 2.45) is 0 Å². The lowest BCUT2D eigenvalue weighted by molar-refractivity contribution is -0.119. The van der Waals surface area contributed by atoms with Gasteiger partial charge in [-0.3, -0.25) is 4.79 Å². The van der Waals surface area contributed by atoms with Crippen LogP contribution in [0.1, 0.15) is 41.3 Å². The second-order valence-corrected chi connectivity index (χ2v) is 6.10. The molecule has 0 bridgehead atoms. The van der Waals surface area contributed by atoms with Gasteiger partial charge in [-0.1, -0.05) is 55.4 Å². The van der Waals surface area contributed by atoms with Crippen LogP contribution in [0.25, 0.3) is 0 Å². The average Bonchev–Trinajstić information content (AvgIpc) is 2.74. The van der Waals surface area contributed by atoms with Crippen molar-refractivity contribution in [2.45, 2.75) is 38.5 Å². The van der Waals surface area contributed by atoms with Crippen molar-refractivity contribution >= 4 is 11.6 Å². The number of nitrogens with zero attached hydrogens (tertiary/aromatic N) is 2. The highest BCUT2D eigenvalue weighted by atomic mass is 16.2. The molecule has 3 nitrogen and oxygen atoms in total. The number of piperidine rings is 1. The average molecular weight is 344 g/mol. The van der Waals surface area contributed by atoms with Crippen molar-refractivity contribution in [1.82, 2.24) is 4.90 Å². The molecule has 132 valence electrons. The monoisotopic (exact) mass is 343 g/mol. The minimum absolute atomic E-state index is 0.244. The van der Waals surface area contributed by atoms with Crippen LogP contribution in [0.15, 0.2) is 60.7 Å². The number of para-hydroxylation sites is 1. The number of amides is 1. The van der Waals surface area contributed by atoms with Gasteiger partial charge in [-0.05, 0) is 36.9 Å². The van der Waals surface area contributed by atoms with Crippen LogP contribution in [0.4, 0.5) is 5.69 Å². The van der Waals surface area contributed by atoms with E-state index < -0.39 is 32.0 Å². The van der Waals surface area contributed by atoms with Gasteiger partial charge >= 0.3 is 0 Å². The zero-order valence-corrected chi connectivity index (χ0v) is 14.2. The van der Waals surface area contributed by atoms with Crippen LogP contribution in [-0.4, -0.2) is 36.4 Å². The number of anilines is 1. The van der Waals surface area contributed by atoms with Crippen LogP contribution in [0.5, 0.6) is 0 Å². The molecule has 1 amide bonds. The topological polar surface area (TPSA) is 23.6 Å². The Morgan fingerprint density at radius 1 is 1.12 bits per heavy atom. The number of aryl methyl sites for hydroxylation is 1. The van der Waals surface area contributed by atoms with Gasteiger partial charge in [0.15, 0.2) is 0 Å². The van der Waals surface area contributed by atoms with Crippen molar-refractivity contribution < 1.29 is 14.4 Å². The molecule has 1 aliphatic rings. The molecule has 1 fully saturated rings. The first kappa shape index (κ1) is 10.8. The van der Waals surface area contributed by atoms with Crippen LogP contribution in [-0.2, 0) is 11.2 Å². The number of likely N-dealkylation sites (tertiary alicyclic amines) is 1. The molecule has 25 heavy (non-hydrogen) atoms. The Labute approximate surface area is 161 Å². The van der Waals surface area contributed by atoms with E-state index in [4.69, 9.17) is 9.60 Å². The summed E-state index contributed by atoms with van der Waals surface area (Å²) < 4.78 is 56.5. The molecular formula is C22H28N2O. The fourth-order valence-corrected chi connectivity index (χ4v) is 3.13. The fourth-order valence-electron chi connectivity index (χ4n) is 3.13. The molecular weight excluding hydrogens is 308 g/mol. The molecule has 0 radical (unpaired) electrons. The minimum Gasteiger partial charge on any atom is -0.309 e. The molecule has 1 heterocycles. The second-order valence-electron chi connectivity index (χ2n) is 6.10. The minimum atomic E-state index is -2.38. The molecule has 0 N–H and O–H groups in total. The van der Waals surface area contributed by atoms with E-state index in [-0.39, 0.29) is 24.7 Å². The smallest absolute Gasteiger partial charge is 0.226 e. The zero-order valence-electron chi connectivity index (χ0n) is 21.2. The van der Waals surface area contributed by atoms with E-state index in [1.807, 2.05) is 6.07 Å². The number of rotatable bonds is 6. The Morgan fingerprint density at radius 2 is 1.76 bits per heavy atom. The van der Waals surface area contributed by atoms with E-state index in [2.05, 4.69) is 0 Å². The van der Waals surface area contributed by atoms with E-state index >= 15 is 0 Å². The third-order valence-electron chi connectivity index (χ3n) is 4.42. The van der Waals surface area contributed by atoms with Crippen molar-refractivity contribution in [1.29, 1.82) is 0 Å². The summed E-state index contributed by atoms with van der Waals surface area (Å²) >= 11 is 0. The summed E-state index contributed by atoms with van der Waals surface area (Å²) in [5.41, 5.74) is 0.883. The van der Waals surface area contributed by atoms with Crippen LogP contribution < -0.4 is 4.90 Å². The molecule has 1 aliphatic heterocycles. The predicted molar refractivity (Wildman–Crippen MR) is 104 cm³/mol. The van der Waals surface area contributed by atoms with Crippen molar-refractivity contribution in [3.8, 4) is 0 Å². The molecule has 3 rings (SSSR count). The zero-order chi connectivity index (χ0) is 23.6. The van der Waals surface area contributed by atoms with E-state index in [1.165, 1.54) is 9.80 Å². The maximum absolute atomic E-state index is 12.9. The first-order valence-corrected chi connectivity index (χ1v) is 8.61. The lowest BCUT2D eigenvalue weighted by atomic mass is 10.0. The first-order chi connectivity index (χ1) is 14.9. The molecule has 2 aromatic rings. The maximum Gasteiger partial charge on any atom is 0.226 e. The van der Waals surface area contributed by atoms with Crippen LogP contribution in [0, 0.1) is 0 Å². The quantitative estimate of drug-likeness (QED) is 0.787. The molecule has 0 unspecified atom stereocenters. The Bertz CT molecular complexity index is 896. The van der Waals surface area contributed by atoms with Crippen molar-refractivity contribution in [3.05, 3.63) is 66.2 Å². The highest BCUT2D eigenvalue weighted by Crippen LogP contribution is 2.24. The van der Waals surface area contributed by atoms with Crippen LogP contribution >= 0.6 is 0 Å². The molecule has 0 saturated carbocycles. The van der Waals surface area contributed by atoms with Gasteiger partial charge in [0.1, 0.15) is 0 Å². The Morgan fingerprint density at radius 3 is 2.40 bits per heavy atom. The Hall–Kier alpha value is -2.13. The Balaban J connectivity index is 1.78. The molecule has 0 aliphatic carbocycles. The van der Waals surface area contributed by atoms with Gasteiger partial charge in [0.2, 0.25) is 5.91 Å². The number of hydrogen-bond donors (Lipinski definition) is 0. The van der Waals surface area contributed by atoms with Crippen LogP contribution in [0.3, 0.4) is 0 Å². The fraction of sp³-hybridized carbons (Fsp3) is 0.409. The normalized spacial score (nSPS) is 21.7. The van der Waals surface area contributed by atoms with Gasteiger partial charge < -0.3 is 9.80 Å². The van der Waals surface area contributed by atoms with Crippen molar-refractivity contribution in [3.63, 3.8) is 0 Å². The third-order valence-corrected chi connectivity index (χ3v) is 4.42. The summed E-state index contributed by atoms with van der Waals surface area (Å²) in [5, 5.41) is 0. The van der Waals surface area contributed by atoms with Crippen LogP contribution in [0.2, 0.25) is 0 Å². The van der Waals surface area contributed by atoms with E-state index in [1.54, 1.807) is 54.6 Å². The summed E-state index contributed by atoms with van der Waals surface area (Å²) in [5.74, 6) is -0.489. The standard InChI is InChI=1S/C22H28N2O/c1-2-22(25)24(20-11-7-4-8-12-20)21-14-17-23(18-15-21)16-13-19-9-5-3-6-10-19/h3-12,21H,2,13-18H2,1H3/i1D3,13D2,16D2. The Kier molecular flexibility index (Phi) is 3.80. The summed E-state index contributed by atoms with van der Waals surface area (Å²) in [6.45, 7) is -4.14. The highest BCUT2D eigenvalue weighted by Gasteiger charge is 2.28. The van der Waals surface area contributed by atoms with E-state index in [0.717, 1.165) is 0 Å². The molecule has 0 atom stereocenters. The summed E-state index contributed by atoms with van der Waals surface area (Å²) in [4.78, 5) is 15.9. The first-order valence-electron chi connectivity index (χ1n) is 12.1. The largest absolute Gasteiger partial charge is 0.309 e. The molecule has 0 spiro atoms. The van der Waals surface area contributed by atoms with Crippen molar-refractivity contribution in [2.75, 3.05) is 24.5 Å². The van der Waals surface area contributed by atoms with Gasteiger partial charge in [0.05, 0.1) is 0 Å². The number of benzene rings is 2. The molecule has 0 aromatic heterocycles. The number of hydrogen-bond acceptors (Lipinski definition) is 2.